The molecule has 1 aliphatic carbocycles. The minimum absolute atomic E-state index is 0.601. The molecule has 1 aromatic rings. The van der Waals surface area contributed by atoms with Gasteiger partial charge in [0.2, 0.25) is 0 Å². The Morgan fingerprint density at radius 1 is 1.20 bits per heavy atom. The van der Waals surface area contributed by atoms with Gasteiger partial charge in [-0.1, -0.05) is 37.6 Å². The van der Waals surface area contributed by atoms with Gasteiger partial charge in [-0.3, -0.25) is 0 Å². The van der Waals surface area contributed by atoms with Gasteiger partial charge in [0.15, 0.2) is 0 Å². The van der Waals surface area contributed by atoms with Crippen LogP contribution in [0.15, 0.2) is 29.8 Å². The van der Waals surface area contributed by atoms with E-state index in [9.17, 15) is 0 Å². The molecule has 2 unspecified atom stereocenters. The van der Waals surface area contributed by atoms with Crippen LogP contribution in [0.25, 0.3) is 6.08 Å². The Morgan fingerprint density at radius 2 is 2.07 bits per heavy atom. The first-order chi connectivity index (χ1) is 7.34. The molecular weight excluding hydrogens is 182 g/mol. The highest BCUT2D eigenvalue weighted by molar-refractivity contribution is 5.73. The van der Waals surface area contributed by atoms with Crippen LogP contribution in [0.4, 0.5) is 5.69 Å². The summed E-state index contributed by atoms with van der Waals surface area (Å²) in [5, 5.41) is 3.66. The van der Waals surface area contributed by atoms with Crippen molar-refractivity contribution < 1.29 is 0 Å². The lowest BCUT2D eigenvalue weighted by Crippen LogP contribution is -2.31. The standard InChI is InChI=1S/C14H17N/c1-10-5-4-8-14-12(10)9-11-6-2-3-7-13(11)15-14/h2-3,6-7,9-10,14-15H,4-5,8H2,1H3. The van der Waals surface area contributed by atoms with E-state index < -0.39 is 0 Å². The van der Waals surface area contributed by atoms with Crippen molar-refractivity contribution in [2.24, 2.45) is 5.92 Å². The highest BCUT2D eigenvalue weighted by Gasteiger charge is 2.27. The summed E-state index contributed by atoms with van der Waals surface area (Å²) >= 11 is 0. The van der Waals surface area contributed by atoms with Crippen molar-refractivity contribution in [3.8, 4) is 0 Å². The van der Waals surface area contributed by atoms with E-state index in [-0.39, 0.29) is 0 Å². The predicted molar refractivity (Wildman–Crippen MR) is 64.8 cm³/mol. The maximum Gasteiger partial charge on any atom is 0.0479 e. The summed E-state index contributed by atoms with van der Waals surface area (Å²) < 4.78 is 0. The third-order valence-electron chi connectivity index (χ3n) is 3.71. The van der Waals surface area contributed by atoms with Gasteiger partial charge < -0.3 is 5.32 Å². The summed E-state index contributed by atoms with van der Waals surface area (Å²) in [5.74, 6) is 0.754. The fraction of sp³-hybridized carbons (Fsp3) is 0.429. The Kier molecular flexibility index (Phi) is 2.05. The van der Waals surface area contributed by atoms with Gasteiger partial charge in [-0.2, -0.15) is 0 Å². The third kappa shape index (κ3) is 1.46. The van der Waals surface area contributed by atoms with E-state index in [2.05, 4.69) is 42.6 Å². The van der Waals surface area contributed by atoms with E-state index in [0.29, 0.717) is 6.04 Å². The SMILES string of the molecule is CC1CCCC2Nc3ccccc3C=C12. The summed E-state index contributed by atoms with van der Waals surface area (Å²) in [7, 11) is 0. The Morgan fingerprint density at radius 3 is 3.00 bits per heavy atom. The number of benzene rings is 1. The molecule has 0 amide bonds. The molecule has 1 nitrogen and oxygen atoms in total. The fourth-order valence-corrected chi connectivity index (χ4v) is 2.82. The van der Waals surface area contributed by atoms with Crippen LogP contribution in [0, 0.1) is 5.92 Å². The van der Waals surface area contributed by atoms with Crippen molar-refractivity contribution in [2.75, 3.05) is 5.32 Å². The third-order valence-corrected chi connectivity index (χ3v) is 3.71. The minimum Gasteiger partial charge on any atom is -0.378 e. The zero-order valence-electron chi connectivity index (χ0n) is 9.16. The number of nitrogens with one attached hydrogen (secondary N) is 1. The molecule has 78 valence electrons. The summed E-state index contributed by atoms with van der Waals surface area (Å²) in [6.45, 7) is 2.35. The number of hydrogen-bond donors (Lipinski definition) is 1. The van der Waals surface area contributed by atoms with Crippen molar-refractivity contribution >= 4 is 11.8 Å². The first-order valence-electron chi connectivity index (χ1n) is 5.91. The van der Waals surface area contributed by atoms with Crippen LogP contribution in [0.1, 0.15) is 31.7 Å². The van der Waals surface area contributed by atoms with Crippen LogP contribution < -0.4 is 5.32 Å². The quantitative estimate of drug-likeness (QED) is 0.672. The Labute approximate surface area is 91.2 Å². The average molecular weight is 199 g/mol. The van der Waals surface area contributed by atoms with Crippen molar-refractivity contribution in [3.63, 3.8) is 0 Å². The summed E-state index contributed by atoms with van der Waals surface area (Å²) in [4.78, 5) is 0. The maximum atomic E-state index is 3.66. The van der Waals surface area contributed by atoms with Gasteiger partial charge >= 0.3 is 0 Å². The van der Waals surface area contributed by atoms with Crippen molar-refractivity contribution in [3.05, 3.63) is 35.4 Å². The molecule has 0 saturated heterocycles. The van der Waals surface area contributed by atoms with Crippen LogP contribution >= 0.6 is 0 Å². The summed E-state index contributed by atoms with van der Waals surface area (Å²) in [6.07, 6.45) is 6.41. The van der Waals surface area contributed by atoms with Gasteiger partial charge in [-0.05, 0) is 36.0 Å². The first-order valence-corrected chi connectivity index (χ1v) is 5.91. The molecule has 1 aliphatic heterocycles. The van der Waals surface area contributed by atoms with E-state index in [1.54, 1.807) is 5.57 Å². The highest BCUT2D eigenvalue weighted by Crippen LogP contribution is 2.37. The molecule has 1 N–H and O–H groups in total. The number of para-hydroxylation sites is 1. The molecular formula is C14H17N. The van der Waals surface area contributed by atoms with Gasteiger partial charge in [0.1, 0.15) is 0 Å². The number of hydrogen-bond acceptors (Lipinski definition) is 1. The monoisotopic (exact) mass is 199 g/mol. The minimum atomic E-state index is 0.601. The average Bonchev–Trinajstić information content (AvgIpc) is 2.27. The second-order valence-corrected chi connectivity index (χ2v) is 4.76. The maximum absolute atomic E-state index is 3.66. The largest absolute Gasteiger partial charge is 0.378 e. The Bertz CT molecular complexity index is 406. The Hall–Kier alpha value is -1.24. The fourth-order valence-electron chi connectivity index (χ4n) is 2.82. The van der Waals surface area contributed by atoms with Crippen molar-refractivity contribution in [1.29, 1.82) is 0 Å². The van der Waals surface area contributed by atoms with Crippen molar-refractivity contribution in [1.82, 2.24) is 0 Å². The lowest BCUT2D eigenvalue weighted by Gasteiger charge is -2.35. The van der Waals surface area contributed by atoms with E-state index in [1.807, 2.05) is 0 Å². The molecule has 1 heteroatoms. The first kappa shape index (κ1) is 9.02. The molecule has 1 fully saturated rings. The Balaban J connectivity index is 2.05. The highest BCUT2D eigenvalue weighted by atomic mass is 14.9. The molecule has 0 spiro atoms. The molecule has 1 saturated carbocycles. The summed E-state index contributed by atoms with van der Waals surface area (Å²) in [5.41, 5.74) is 4.28. The molecule has 2 atom stereocenters. The van der Waals surface area contributed by atoms with Crippen LogP contribution in [-0.2, 0) is 0 Å². The van der Waals surface area contributed by atoms with Crippen molar-refractivity contribution in [2.45, 2.75) is 32.2 Å². The van der Waals surface area contributed by atoms with Crippen LogP contribution in [0.3, 0.4) is 0 Å². The zero-order valence-corrected chi connectivity index (χ0v) is 9.16. The van der Waals surface area contributed by atoms with Gasteiger partial charge in [0.05, 0.1) is 0 Å². The topological polar surface area (TPSA) is 12.0 Å². The van der Waals surface area contributed by atoms with Crippen LogP contribution in [0.2, 0.25) is 0 Å². The normalized spacial score (nSPS) is 28.5. The van der Waals surface area contributed by atoms with Gasteiger partial charge in [-0.15, -0.1) is 0 Å². The lowest BCUT2D eigenvalue weighted by atomic mass is 9.79. The molecule has 3 rings (SSSR count). The zero-order chi connectivity index (χ0) is 10.3. The van der Waals surface area contributed by atoms with Gasteiger partial charge in [-0.25, -0.2) is 0 Å². The van der Waals surface area contributed by atoms with E-state index >= 15 is 0 Å². The second kappa shape index (κ2) is 3.41. The van der Waals surface area contributed by atoms with Crippen LogP contribution in [0.5, 0.6) is 0 Å². The smallest absolute Gasteiger partial charge is 0.0479 e. The van der Waals surface area contributed by atoms with Crippen LogP contribution in [-0.4, -0.2) is 6.04 Å². The lowest BCUT2D eigenvalue weighted by molar-refractivity contribution is 0.459. The predicted octanol–water partition coefficient (Wildman–Crippen LogP) is 3.68. The molecule has 0 radical (unpaired) electrons. The molecule has 0 aromatic heterocycles. The number of fused-ring (bicyclic) bond motifs is 2. The molecule has 2 aliphatic rings. The molecule has 1 heterocycles. The van der Waals surface area contributed by atoms with E-state index in [1.165, 1.54) is 30.5 Å². The summed E-state index contributed by atoms with van der Waals surface area (Å²) in [6, 6.07) is 9.21. The molecule has 0 bridgehead atoms. The number of rotatable bonds is 0. The van der Waals surface area contributed by atoms with E-state index in [0.717, 1.165) is 5.92 Å². The molecule has 1 aromatic carbocycles. The van der Waals surface area contributed by atoms with Gasteiger partial charge in [0, 0.05) is 11.7 Å². The molecule has 15 heavy (non-hydrogen) atoms. The second-order valence-electron chi connectivity index (χ2n) is 4.76. The van der Waals surface area contributed by atoms with E-state index in [4.69, 9.17) is 0 Å². The van der Waals surface area contributed by atoms with Gasteiger partial charge in [0.25, 0.3) is 0 Å². The number of anilines is 1.